The molecule has 1 amide bonds. The lowest BCUT2D eigenvalue weighted by atomic mass is 10.1. The maximum atomic E-state index is 12.0. The van der Waals surface area contributed by atoms with Crippen LogP contribution in [0.15, 0.2) is 18.2 Å². The van der Waals surface area contributed by atoms with Gasteiger partial charge in [0, 0.05) is 35.7 Å². The van der Waals surface area contributed by atoms with Gasteiger partial charge in [0.25, 0.3) is 11.6 Å². The number of benzene rings is 1. The van der Waals surface area contributed by atoms with Crippen LogP contribution in [0.4, 0.5) is 5.69 Å². The molecule has 6 nitrogen and oxygen atoms in total. The molecule has 0 aliphatic heterocycles. The molecule has 110 valence electrons. The number of hydrogen-bond acceptors (Lipinski definition) is 4. The zero-order chi connectivity index (χ0) is 15.1. The van der Waals surface area contributed by atoms with Crippen LogP contribution in [0.5, 0.6) is 0 Å². The lowest BCUT2D eigenvalue weighted by Gasteiger charge is -2.16. The molecule has 1 rings (SSSR count). The minimum atomic E-state index is -0.603. The summed E-state index contributed by atoms with van der Waals surface area (Å²) in [6.45, 7) is 0.307. The van der Waals surface area contributed by atoms with Crippen molar-refractivity contribution >= 4 is 34.8 Å². The Morgan fingerprint density at radius 3 is 2.75 bits per heavy atom. The van der Waals surface area contributed by atoms with Gasteiger partial charge in [-0.15, -0.1) is 11.6 Å². The average molecular weight is 321 g/mol. The highest BCUT2D eigenvalue weighted by Gasteiger charge is 2.17. The van der Waals surface area contributed by atoms with Gasteiger partial charge in [-0.2, -0.15) is 0 Å². The highest BCUT2D eigenvalue weighted by Crippen LogP contribution is 2.21. The minimum Gasteiger partial charge on any atom is -0.383 e. The molecule has 0 heterocycles. The summed E-state index contributed by atoms with van der Waals surface area (Å²) >= 11 is 11.4. The Balaban J connectivity index is 2.88. The fourth-order valence-electron chi connectivity index (χ4n) is 1.61. The maximum Gasteiger partial charge on any atom is 0.271 e. The summed E-state index contributed by atoms with van der Waals surface area (Å²) < 4.78 is 4.97. The van der Waals surface area contributed by atoms with Gasteiger partial charge in [0.2, 0.25) is 0 Å². The number of ether oxygens (including phenoxy) is 1. The van der Waals surface area contributed by atoms with E-state index in [4.69, 9.17) is 27.9 Å². The second-order valence-electron chi connectivity index (χ2n) is 4.06. The van der Waals surface area contributed by atoms with Crippen LogP contribution in [-0.2, 0) is 4.74 Å². The van der Waals surface area contributed by atoms with E-state index in [1.165, 1.54) is 25.3 Å². The van der Waals surface area contributed by atoms with Crippen molar-refractivity contribution in [3.05, 3.63) is 38.9 Å². The van der Waals surface area contributed by atoms with E-state index in [2.05, 4.69) is 5.32 Å². The highest BCUT2D eigenvalue weighted by atomic mass is 35.5. The van der Waals surface area contributed by atoms with E-state index in [1.54, 1.807) is 0 Å². The molecule has 0 aliphatic carbocycles. The van der Waals surface area contributed by atoms with E-state index >= 15 is 0 Å². The summed E-state index contributed by atoms with van der Waals surface area (Å²) in [6.07, 6.45) is 0.532. The smallest absolute Gasteiger partial charge is 0.271 e. The number of amides is 1. The van der Waals surface area contributed by atoms with Crippen LogP contribution in [0.1, 0.15) is 16.8 Å². The molecular weight excluding hydrogens is 307 g/mol. The molecule has 0 aliphatic rings. The summed E-state index contributed by atoms with van der Waals surface area (Å²) in [5.41, 5.74) is -0.108. The van der Waals surface area contributed by atoms with Crippen LogP contribution < -0.4 is 5.32 Å². The van der Waals surface area contributed by atoms with Gasteiger partial charge in [-0.25, -0.2) is 0 Å². The normalized spacial score (nSPS) is 11.9. The molecule has 0 saturated heterocycles. The van der Waals surface area contributed by atoms with Crippen molar-refractivity contribution in [2.24, 2.45) is 0 Å². The first-order chi connectivity index (χ1) is 9.47. The quantitative estimate of drug-likeness (QED) is 0.475. The van der Waals surface area contributed by atoms with Crippen LogP contribution in [0.2, 0.25) is 5.02 Å². The molecular formula is C12H14Cl2N2O4. The Morgan fingerprint density at radius 2 is 2.20 bits per heavy atom. The van der Waals surface area contributed by atoms with Crippen molar-refractivity contribution in [3.8, 4) is 0 Å². The summed E-state index contributed by atoms with van der Waals surface area (Å²) in [7, 11) is 1.51. The monoisotopic (exact) mass is 320 g/mol. The fraction of sp³-hybridized carbons (Fsp3) is 0.417. The second kappa shape index (κ2) is 8.04. The summed E-state index contributed by atoms with van der Waals surface area (Å²) in [5, 5.41) is 13.6. The fourth-order valence-corrected chi connectivity index (χ4v) is 2.10. The Labute approximate surface area is 126 Å². The largest absolute Gasteiger partial charge is 0.383 e. The SMILES string of the molecule is COCC(CCCl)NC(=O)c1cc(Cl)cc([N+](=O)[O-])c1. The third-order valence-electron chi connectivity index (χ3n) is 2.52. The number of carbonyl (C=O) groups excluding carboxylic acids is 1. The van der Waals surface area contributed by atoms with Gasteiger partial charge >= 0.3 is 0 Å². The first-order valence-corrected chi connectivity index (χ1v) is 6.70. The van der Waals surface area contributed by atoms with E-state index in [0.717, 1.165) is 0 Å². The van der Waals surface area contributed by atoms with Gasteiger partial charge in [-0.05, 0) is 12.5 Å². The number of hydrogen-bond donors (Lipinski definition) is 1. The number of rotatable bonds is 7. The predicted octanol–water partition coefficient (Wildman–Crippen LogP) is 2.62. The van der Waals surface area contributed by atoms with Crippen LogP contribution >= 0.6 is 23.2 Å². The van der Waals surface area contributed by atoms with Crippen molar-refractivity contribution in [1.82, 2.24) is 5.32 Å². The number of nitrogens with zero attached hydrogens (tertiary/aromatic N) is 1. The van der Waals surface area contributed by atoms with E-state index in [9.17, 15) is 14.9 Å². The molecule has 20 heavy (non-hydrogen) atoms. The van der Waals surface area contributed by atoms with Crippen LogP contribution in [0.3, 0.4) is 0 Å². The van der Waals surface area contributed by atoms with E-state index in [0.29, 0.717) is 18.9 Å². The van der Waals surface area contributed by atoms with Gasteiger partial charge in [-0.1, -0.05) is 11.6 Å². The maximum absolute atomic E-state index is 12.0. The van der Waals surface area contributed by atoms with Gasteiger partial charge in [0.1, 0.15) is 0 Å². The summed E-state index contributed by atoms with van der Waals surface area (Å²) in [6, 6.07) is 3.47. The molecule has 0 radical (unpaired) electrons. The van der Waals surface area contributed by atoms with Crippen molar-refractivity contribution in [3.63, 3.8) is 0 Å². The number of non-ortho nitro benzene ring substituents is 1. The number of nitro groups is 1. The first-order valence-electron chi connectivity index (χ1n) is 5.78. The van der Waals surface area contributed by atoms with Gasteiger partial charge in [-0.3, -0.25) is 14.9 Å². The number of nitrogens with one attached hydrogen (secondary N) is 1. The topological polar surface area (TPSA) is 81.5 Å². The molecule has 1 unspecified atom stereocenters. The number of alkyl halides is 1. The Kier molecular flexibility index (Phi) is 6.70. The van der Waals surface area contributed by atoms with Crippen molar-refractivity contribution < 1.29 is 14.5 Å². The molecule has 1 N–H and O–H groups in total. The van der Waals surface area contributed by atoms with Crippen molar-refractivity contribution in [2.75, 3.05) is 19.6 Å². The first kappa shape index (κ1) is 16.7. The van der Waals surface area contributed by atoms with E-state index in [-0.39, 0.29) is 22.3 Å². The van der Waals surface area contributed by atoms with E-state index < -0.39 is 10.8 Å². The number of carbonyl (C=O) groups is 1. The zero-order valence-electron chi connectivity index (χ0n) is 10.8. The van der Waals surface area contributed by atoms with Gasteiger partial charge in [0.15, 0.2) is 0 Å². The van der Waals surface area contributed by atoms with E-state index in [1.807, 2.05) is 0 Å². The second-order valence-corrected chi connectivity index (χ2v) is 4.87. The Morgan fingerprint density at radius 1 is 1.50 bits per heavy atom. The van der Waals surface area contributed by atoms with Crippen molar-refractivity contribution in [2.45, 2.75) is 12.5 Å². The molecule has 0 bridgehead atoms. The molecule has 0 saturated carbocycles. The zero-order valence-corrected chi connectivity index (χ0v) is 12.3. The van der Waals surface area contributed by atoms with Gasteiger partial charge < -0.3 is 10.1 Å². The van der Waals surface area contributed by atoms with Crippen LogP contribution in [0.25, 0.3) is 0 Å². The molecule has 0 aromatic heterocycles. The molecule has 1 atom stereocenters. The highest BCUT2D eigenvalue weighted by molar-refractivity contribution is 6.31. The lowest BCUT2D eigenvalue weighted by molar-refractivity contribution is -0.384. The summed E-state index contributed by atoms with van der Waals surface area (Å²) in [4.78, 5) is 22.2. The Bertz CT molecular complexity index is 490. The minimum absolute atomic E-state index is 0.125. The lowest BCUT2D eigenvalue weighted by Crippen LogP contribution is -2.38. The van der Waals surface area contributed by atoms with Gasteiger partial charge in [0.05, 0.1) is 17.6 Å². The molecule has 1 aromatic rings. The summed E-state index contributed by atoms with van der Waals surface area (Å²) in [5.74, 6) is -0.0907. The molecule has 0 fully saturated rings. The third kappa shape index (κ3) is 4.96. The standard InChI is InChI=1S/C12H14Cl2N2O4/c1-20-7-10(2-3-13)15-12(17)8-4-9(14)6-11(5-8)16(18)19/h4-6,10H,2-3,7H2,1H3,(H,15,17). The number of methoxy groups -OCH3 is 1. The number of nitro benzene ring substituents is 1. The number of halogens is 2. The van der Waals surface area contributed by atoms with Crippen LogP contribution in [-0.4, -0.2) is 36.5 Å². The third-order valence-corrected chi connectivity index (χ3v) is 2.95. The molecule has 0 spiro atoms. The molecule has 8 heteroatoms. The van der Waals surface area contributed by atoms with Crippen LogP contribution in [0, 0.1) is 10.1 Å². The van der Waals surface area contributed by atoms with Crippen molar-refractivity contribution in [1.29, 1.82) is 0 Å². The molecule has 1 aromatic carbocycles. The predicted molar refractivity (Wildman–Crippen MR) is 76.6 cm³/mol. The Hall–Kier alpha value is -1.37. The average Bonchev–Trinajstić information content (AvgIpc) is 2.38.